The Morgan fingerprint density at radius 2 is 1.61 bits per heavy atom. The molecule has 1 saturated carbocycles. The second kappa shape index (κ2) is 12.3. The first-order valence-corrected chi connectivity index (χ1v) is 13.6. The summed E-state index contributed by atoms with van der Waals surface area (Å²) in [5.41, 5.74) is 0.962. The molecule has 2 aromatic carbocycles. The van der Waals surface area contributed by atoms with Gasteiger partial charge in [0, 0.05) is 26.7 Å². The summed E-state index contributed by atoms with van der Waals surface area (Å²) in [6.45, 7) is 1.17. The van der Waals surface area contributed by atoms with Gasteiger partial charge in [-0.1, -0.05) is 49.6 Å². The Morgan fingerprint density at radius 3 is 2.19 bits per heavy atom. The van der Waals surface area contributed by atoms with E-state index in [-0.39, 0.29) is 18.5 Å². The van der Waals surface area contributed by atoms with Gasteiger partial charge in [0.25, 0.3) is 0 Å². The van der Waals surface area contributed by atoms with Gasteiger partial charge in [-0.2, -0.15) is 12.7 Å². The molecule has 1 aliphatic carbocycles. The van der Waals surface area contributed by atoms with Crippen molar-refractivity contribution in [1.29, 1.82) is 0 Å². The molecule has 0 unspecified atom stereocenters. The first-order chi connectivity index (χ1) is 17.1. The molecule has 0 bridgehead atoms. The van der Waals surface area contributed by atoms with E-state index in [0.29, 0.717) is 11.3 Å². The number of nitrogens with zero attached hydrogens (tertiary/aromatic N) is 3. The Bertz CT molecular complexity index is 1120. The zero-order chi connectivity index (χ0) is 26.3. The number of carbonyl (C=O) groups is 2. The van der Waals surface area contributed by atoms with Crippen LogP contribution in [-0.2, 0) is 26.3 Å². The van der Waals surface area contributed by atoms with E-state index in [4.69, 9.17) is 0 Å². The van der Waals surface area contributed by atoms with Gasteiger partial charge in [0.05, 0.1) is 5.69 Å². The van der Waals surface area contributed by atoms with Crippen LogP contribution in [-0.4, -0.2) is 62.2 Å². The summed E-state index contributed by atoms with van der Waals surface area (Å²) in [6.07, 6.45) is 5.03. The van der Waals surface area contributed by atoms with Crippen molar-refractivity contribution in [3.8, 4) is 0 Å². The summed E-state index contributed by atoms with van der Waals surface area (Å²) in [7, 11) is -1.21. The minimum atomic E-state index is -4.00. The maximum absolute atomic E-state index is 13.7. The van der Waals surface area contributed by atoms with Crippen molar-refractivity contribution in [2.24, 2.45) is 0 Å². The van der Waals surface area contributed by atoms with Crippen molar-refractivity contribution in [3.63, 3.8) is 0 Å². The Kier molecular flexibility index (Phi) is 9.44. The zero-order valence-electron chi connectivity index (χ0n) is 21.1. The van der Waals surface area contributed by atoms with Gasteiger partial charge in [-0.05, 0) is 49.6 Å². The van der Waals surface area contributed by atoms with Crippen LogP contribution in [0.1, 0.15) is 44.6 Å². The van der Waals surface area contributed by atoms with Crippen LogP contribution in [0, 0.1) is 5.82 Å². The number of hydrogen-bond donors (Lipinski definition) is 1. The van der Waals surface area contributed by atoms with Gasteiger partial charge in [0.2, 0.25) is 11.8 Å². The number of carbonyl (C=O) groups excluding carboxylic acids is 2. The van der Waals surface area contributed by atoms with Gasteiger partial charge in [-0.25, -0.2) is 8.70 Å². The quantitative estimate of drug-likeness (QED) is 0.523. The van der Waals surface area contributed by atoms with Gasteiger partial charge >= 0.3 is 10.2 Å². The van der Waals surface area contributed by atoms with Crippen molar-refractivity contribution in [1.82, 2.24) is 14.5 Å². The molecular formula is C26H35FN4O4S. The first-order valence-electron chi connectivity index (χ1n) is 12.2. The number of amides is 2. The number of para-hydroxylation sites is 1. The minimum Gasteiger partial charge on any atom is -0.352 e. The number of anilines is 1. The molecule has 0 radical (unpaired) electrons. The molecule has 10 heteroatoms. The molecule has 1 N–H and O–H groups in total. The fourth-order valence-electron chi connectivity index (χ4n) is 4.25. The maximum Gasteiger partial charge on any atom is 0.304 e. The molecule has 0 saturated heterocycles. The summed E-state index contributed by atoms with van der Waals surface area (Å²) < 4.78 is 41.8. The van der Waals surface area contributed by atoms with Crippen molar-refractivity contribution >= 4 is 27.7 Å². The summed E-state index contributed by atoms with van der Waals surface area (Å²) in [5.74, 6) is -1.24. The zero-order valence-corrected chi connectivity index (χ0v) is 21.9. The molecule has 0 heterocycles. The van der Waals surface area contributed by atoms with Crippen LogP contribution < -0.4 is 9.62 Å². The van der Waals surface area contributed by atoms with Crippen LogP contribution in [0.5, 0.6) is 0 Å². The monoisotopic (exact) mass is 518 g/mol. The summed E-state index contributed by atoms with van der Waals surface area (Å²) >= 11 is 0. The second-order valence-corrected chi connectivity index (χ2v) is 11.4. The van der Waals surface area contributed by atoms with Crippen LogP contribution in [0.15, 0.2) is 54.6 Å². The number of rotatable bonds is 10. The summed E-state index contributed by atoms with van der Waals surface area (Å²) in [5, 5.41) is 3.05. The van der Waals surface area contributed by atoms with Crippen LogP contribution in [0.3, 0.4) is 0 Å². The molecule has 36 heavy (non-hydrogen) atoms. The molecule has 0 spiro atoms. The van der Waals surface area contributed by atoms with Crippen LogP contribution in [0.4, 0.5) is 10.1 Å². The normalized spacial score (nSPS) is 15.4. The lowest BCUT2D eigenvalue weighted by Crippen LogP contribution is -2.53. The Balaban J connectivity index is 1.88. The Morgan fingerprint density at radius 1 is 1.00 bits per heavy atom. The van der Waals surface area contributed by atoms with E-state index >= 15 is 0 Å². The fraction of sp³-hybridized carbons (Fsp3) is 0.462. The standard InChI is InChI=1S/C26H35FN4O4S/c1-20(26(33)28-23-10-6-4-7-11-23)30(18-21-14-16-22(27)17-15-21)25(32)19-31(36(34,35)29(2)3)24-12-8-5-9-13-24/h5,8-9,12-17,20,23H,4,6-7,10-11,18-19H2,1-3H3,(H,28,33)/t20-/m0/s1. The van der Waals surface area contributed by atoms with E-state index in [0.717, 1.165) is 40.7 Å². The Hall–Kier alpha value is -2.98. The lowest BCUT2D eigenvalue weighted by Gasteiger charge is -2.33. The molecule has 2 aromatic rings. The van der Waals surface area contributed by atoms with Gasteiger partial charge in [0.15, 0.2) is 0 Å². The third kappa shape index (κ3) is 7.04. The predicted octanol–water partition coefficient (Wildman–Crippen LogP) is 3.30. The van der Waals surface area contributed by atoms with Gasteiger partial charge in [0.1, 0.15) is 18.4 Å². The fourth-order valence-corrected chi connectivity index (χ4v) is 5.30. The SMILES string of the molecule is C[C@@H](C(=O)NC1CCCCC1)N(Cc1ccc(F)cc1)C(=O)CN(c1ccccc1)S(=O)(=O)N(C)C. The highest BCUT2D eigenvalue weighted by Crippen LogP contribution is 2.21. The molecular weight excluding hydrogens is 483 g/mol. The van der Waals surface area contributed by atoms with Gasteiger partial charge in [-0.15, -0.1) is 0 Å². The number of benzene rings is 2. The van der Waals surface area contributed by atoms with Gasteiger partial charge in [-0.3, -0.25) is 9.59 Å². The lowest BCUT2D eigenvalue weighted by molar-refractivity contribution is -0.139. The highest BCUT2D eigenvalue weighted by molar-refractivity contribution is 7.90. The average molecular weight is 519 g/mol. The van der Waals surface area contributed by atoms with Crippen molar-refractivity contribution < 1.29 is 22.4 Å². The highest BCUT2D eigenvalue weighted by atomic mass is 32.2. The Labute approximate surface area is 213 Å². The molecule has 2 amide bonds. The summed E-state index contributed by atoms with van der Waals surface area (Å²) in [4.78, 5) is 28.2. The van der Waals surface area contributed by atoms with E-state index in [1.807, 2.05) is 0 Å². The lowest BCUT2D eigenvalue weighted by atomic mass is 9.95. The molecule has 0 aromatic heterocycles. The minimum absolute atomic E-state index is 0.0308. The van der Waals surface area contributed by atoms with Crippen LogP contribution >= 0.6 is 0 Å². The smallest absolute Gasteiger partial charge is 0.304 e. The molecule has 0 aliphatic heterocycles. The van der Waals surface area contributed by atoms with E-state index in [1.165, 1.54) is 31.1 Å². The molecule has 8 nitrogen and oxygen atoms in total. The number of hydrogen-bond acceptors (Lipinski definition) is 4. The molecule has 1 aliphatic rings. The predicted molar refractivity (Wildman–Crippen MR) is 138 cm³/mol. The molecule has 196 valence electrons. The number of nitrogens with one attached hydrogen (secondary N) is 1. The maximum atomic E-state index is 13.7. The third-order valence-electron chi connectivity index (χ3n) is 6.45. The van der Waals surface area contributed by atoms with Crippen LogP contribution in [0.2, 0.25) is 0 Å². The summed E-state index contributed by atoms with van der Waals surface area (Å²) in [6, 6.07) is 13.2. The van der Waals surface area contributed by atoms with Crippen LogP contribution in [0.25, 0.3) is 0 Å². The van der Waals surface area contributed by atoms with Crippen molar-refractivity contribution in [2.75, 3.05) is 24.9 Å². The average Bonchev–Trinajstić information content (AvgIpc) is 2.87. The largest absolute Gasteiger partial charge is 0.352 e. The van der Waals surface area contributed by atoms with E-state index in [1.54, 1.807) is 49.4 Å². The molecule has 3 rings (SSSR count). The van der Waals surface area contributed by atoms with E-state index in [2.05, 4.69) is 5.32 Å². The second-order valence-electron chi connectivity index (χ2n) is 9.30. The topological polar surface area (TPSA) is 90.0 Å². The third-order valence-corrected chi connectivity index (χ3v) is 8.27. The first kappa shape index (κ1) is 27.6. The van der Waals surface area contributed by atoms with Crippen molar-refractivity contribution in [3.05, 3.63) is 66.0 Å². The molecule has 1 fully saturated rings. The molecule has 1 atom stereocenters. The van der Waals surface area contributed by atoms with Gasteiger partial charge < -0.3 is 10.2 Å². The van der Waals surface area contributed by atoms with E-state index in [9.17, 15) is 22.4 Å². The number of halogens is 1. The highest BCUT2D eigenvalue weighted by Gasteiger charge is 2.33. The van der Waals surface area contributed by atoms with E-state index < -0.39 is 34.5 Å². The van der Waals surface area contributed by atoms with Crippen molar-refractivity contribution in [2.45, 2.75) is 57.7 Å².